The molecule has 1 fully saturated rings. The summed E-state index contributed by atoms with van der Waals surface area (Å²) in [5, 5.41) is 0. The molecule has 112 valence electrons. The number of rotatable bonds is 6. The second kappa shape index (κ2) is 7.22. The number of hydrogen-bond donors (Lipinski definition) is 1. The molecule has 1 saturated heterocycles. The molecule has 0 aliphatic carbocycles. The first kappa shape index (κ1) is 16.4. The molecule has 1 aliphatic heterocycles. The molecule has 1 rings (SSSR count). The van der Waals surface area contributed by atoms with E-state index in [1.165, 1.54) is 0 Å². The number of esters is 1. The molecule has 0 spiro atoms. The Hall–Kier alpha value is -0.650. The highest BCUT2D eigenvalue weighted by molar-refractivity contribution is 5.79. The number of carbonyl (C=O) groups excluding carboxylic acids is 1. The predicted octanol–water partition coefficient (Wildman–Crippen LogP) is 1.16. The number of ether oxygens (including phenoxy) is 2. The molecule has 5 heteroatoms. The van der Waals surface area contributed by atoms with Gasteiger partial charge in [-0.25, -0.2) is 0 Å². The summed E-state index contributed by atoms with van der Waals surface area (Å²) < 4.78 is 10.7. The van der Waals surface area contributed by atoms with Crippen molar-refractivity contribution in [3.8, 4) is 0 Å². The zero-order chi connectivity index (χ0) is 14.5. The normalized spacial score (nSPS) is 27.8. The second-order valence-electron chi connectivity index (χ2n) is 5.76. The van der Waals surface area contributed by atoms with Gasteiger partial charge in [0.25, 0.3) is 0 Å². The molecule has 0 aromatic rings. The van der Waals surface area contributed by atoms with Gasteiger partial charge in [-0.2, -0.15) is 0 Å². The molecule has 19 heavy (non-hydrogen) atoms. The van der Waals surface area contributed by atoms with E-state index in [4.69, 9.17) is 15.2 Å². The van der Waals surface area contributed by atoms with Crippen molar-refractivity contribution in [1.82, 2.24) is 4.90 Å². The van der Waals surface area contributed by atoms with E-state index < -0.39 is 5.54 Å². The Morgan fingerprint density at radius 1 is 1.42 bits per heavy atom. The van der Waals surface area contributed by atoms with Crippen LogP contribution in [0.5, 0.6) is 0 Å². The third kappa shape index (κ3) is 5.47. The average molecular weight is 272 g/mol. The lowest BCUT2D eigenvalue weighted by Crippen LogP contribution is -2.48. The molecule has 0 aromatic carbocycles. The molecular formula is C14H28N2O3. The van der Waals surface area contributed by atoms with Crippen LogP contribution in [0.25, 0.3) is 0 Å². The Bertz CT molecular complexity index is 284. The lowest BCUT2D eigenvalue weighted by molar-refractivity contribution is -0.149. The van der Waals surface area contributed by atoms with Crippen LogP contribution in [0.2, 0.25) is 0 Å². The van der Waals surface area contributed by atoms with Crippen LogP contribution in [0.4, 0.5) is 0 Å². The molecule has 0 amide bonds. The fourth-order valence-electron chi connectivity index (χ4n) is 2.53. The first-order valence-corrected chi connectivity index (χ1v) is 7.19. The van der Waals surface area contributed by atoms with Crippen molar-refractivity contribution in [2.75, 3.05) is 26.2 Å². The Balaban J connectivity index is 2.31. The minimum absolute atomic E-state index is 0.276. The van der Waals surface area contributed by atoms with Gasteiger partial charge in [0, 0.05) is 13.1 Å². The van der Waals surface area contributed by atoms with Crippen LogP contribution in [0.15, 0.2) is 0 Å². The Kier molecular flexibility index (Phi) is 6.23. The van der Waals surface area contributed by atoms with Crippen LogP contribution in [0, 0.1) is 0 Å². The van der Waals surface area contributed by atoms with Crippen LogP contribution in [-0.4, -0.2) is 54.9 Å². The number of carbonyl (C=O) groups is 1. The van der Waals surface area contributed by atoms with Crippen molar-refractivity contribution < 1.29 is 14.3 Å². The largest absolute Gasteiger partial charge is 0.465 e. The van der Waals surface area contributed by atoms with Crippen LogP contribution in [-0.2, 0) is 14.3 Å². The first-order chi connectivity index (χ1) is 8.85. The minimum Gasteiger partial charge on any atom is -0.465 e. The molecule has 2 N–H and O–H groups in total. The molecule has 0 saturated carbocycles. The lowest BCUT2D eigenvalue weighted by atomic mass is 9.97. The topological polar surface area (TPSA) is 64.8 Å². The molecule has 0 aromatic heterocycles. The van der Waals surface area contributed by atoms with E-state index in [0.29, 0.717) is 13.0 Å². The van der Waals surface area contributed by atoms with Crippen LogP contribution < -0.4 is 5.73 Å². The minimum atomic E-state index is -0.875. The van der Waals surface area contributed by atoms with E-state index >= 15 is 0 Å². The van der Waals surface area contributed by atoms with Crippen LogP contribution in [0.3, 0.4) is 0 Å². The van der Waals surface area contributed by atoms with Crippen molar-refractivity contribution in [1.29, 1.82) is 0 Å². The second-order valence-corrected chi connectivity index (χ2v) is 5.76. The predicted molar refractivity (Wildman–Crippen MR) is 74.9 cm³/mol. The monoisotopic (exact) mass is 272 g/mol. The highest BCUT2D eigenvalue weighted by Crippen LogP contribution is 2.15. The van der Waals surface area contributed by atoms with Gasteiger partial charge in [-0.1, -0.05) is 0 Å². The molecule has 0 radical (unpaired) electrons. The summed E-state index contributed by atoms with van der Waals surface area (Å²) >= 11 is 0. The van der Waals surface area contributed by atoms with Gasteiger partial charge in [-0.05, 0) is 47.1 Å². The lowest BCUT2D eigenvalue weighted by Gasteiger charge is -2.35. The molecule has 3 unspecified atom stereocenters. The summed E-state index contributed by atoms with van der Waals surface area (Å²) in [4.78, 5) is 14.0. The first-order valence-electron chi connectivity index (χ1n) is 7.19. The van der Waals surface area contributed by atoms with Crippen molar-refractivity contribution >= 4 is 5.97 Å². The molecule has 1 aliphatic rings. The average Bonchev–Trinajstić information content (AvgIpc) is 2.27. The van der Waals surface area contributed by atoms with Gasteiger partial charge in [0.1, 0.15) is 5.54 Å². The molecule has 0 bridgehead atoms. The maximum absolute atomic E-state index is 11.7. The zero-order valence-electron chi connectivity index (χ0n) is 12.6. The van der Waals surface area contributed by atoms with E-state index in [-0.39, 0.29) is 18.2 Å². The van der Waals surface area contributed by atoms with E-state index in [9.17, 15) is 4.79 Å². The van der Waals surface area contributed by atoms with E-state index in [1.807, 2.05) is 0 Å². The molecule has 1 heterocycles. The number of hydrogen-bond acceptors (Lipinski definition) is 5. The highest BCUT2D eigenvalue weighted by Gasteiger charge is 2.30. The quantitative estimate of drug-likeness (QED) is 0.735. The van der Waals surface area contributed by atoms with Crippen molar-refractivity contribution in [2.24, 2.45) is 5.73 Å². The van der Waals surface area contributed by atoms with E-state index in [2.05, 4.69) is 18.7 Å². The Morgan fingerprint density at radius 2 is 2.00 bits per heavy atom. The van der Waals surface area contributed by atoms with Gasteiger partial charge < -0.3 is 15.2 Å². The Morgan fingerprint density at radius 3 is 2.53 bits per heavy atom. The van der Waals surface area contributed by atoms with Gasteiger partial charge in [-0.3, -0.25) is 9.69 Å². The summed E-state index contributed by atoms with van der Waals surface area (Å²) in [6.45, 7) is 11.0. The summed E-state index contributed by atoms with van der Waals surface area (Å²) in [6, 6.07) is 0. The fourth-order valence-corrected chi connectivity index (χ4v) is 2.53. The Labute approximate surface area is 116 Å². The van der Waals surface area contributed by atoms with Crippen molar-refractivity contribution in [3.05, 3.63) is 0 Å². The van der Waals surface area contributed by atoms with Gasteiger partial charge >= 0.3 is 5.97 Å². The zero-order valence-corrected chi connectivity index (χ0v) is 12.6. The molecular weight excluding hydrogens is 244 g/mol. The smallest absolute Gasteiger partial charge is 0.325 e. The third-order valence-corrected chi connectivity index (χ3v) is 3.41. The van der Waals surface area contributed by atoms with Crippen LogP contribution in [0.1, 0.15) is 40.5 Å². The van der Waals surface area contributed by atoms with Crippen molar-refractivity contribution in [2.45, 2.75) is 58.3 Å². The number of nitrogens with two attached hydrogens (primary N) is 1. The summed E-state index contributed by atoms with van der Waals surface area (Å²) in [5.41, 5.74) is 5.12. The van der Waals surface area contributed by atoms with Gasteiger partial charge in [-0.15, -0.1) is 0 Å². The number of morpholine rings is 1. The summed E-state index contributed by atoms with van der Waals surface area (Å²) in [7, 11) is 0. The molecule has 3 atom stereocenters. The maximum Gasteiger partial charge on any atom is 0.325 e. The number of nitrogens with zero attached hydrogens (tertiary/aromatic N) is 1. The third-order valence-electron chi connectivity index (χ3n) is 3.41. The summed E-state index contributed by atoms with van der Waals surface area (Å²) in [6.07, 6.45) is 2.09. The fraction of sp³-hybridized carbons (Fsp3) is 0.929. The van der Waals surface area contributed by atoms with Gasteiger partial charge in [0.05, 0.1) is 18.8 Å². The van der Waals surface area contributed by atoms with Crippen molar-refractivity contribution in [3.63, 3.8) is 0 Å². The SMILES string of the molecule is CCOC(=O)C(C)(N)CCCN1CC(C)OC(C)C1. The van der Waals surface area contributed by atoms with E-state index in [1.54, 1.807) is 13.8 Å². The standard InChI is InChI=1S/C14H28N2O3/c1-5-18-13(17)14(4,15)7-6-8-16-9-11(2)19-12(3)10-16/h11-12H,5-10,15H2,1-4H3. The summed E-state index contributed by atoms with van der Waals surface area (Å²) in [5.74, 6) is -0.307. The highest BCUT2D eigenvalue weighted by atomic mass is 16.5. The maximum atomic E-state index is 11.7. The van der Waals surface area contributed by atoms with Gasteiger partial charge in [0.2, 0.25) is 0 Å². The van der Waals surface area contributed by atoms with Crippen LogP contribution >= 0.6 is 0 Å². The van der Waals surface area contributed by atoms with Gasteiger partial charge in [0.15, 0.2) is 0 Å². The van der Waals surface area contributed by atoms with E-state index in [0.717, 1.165) is 26.1 Å². The molecule has 5 nitrogen and oxygen atoms in total.